The zero-order chi connectivity index (χ0) is 21.3. The van der Waals surface area contributed by atoms with Gasteiger partial charge in [0.05, 0.1) is 18.8 Å². The van der Waals surface area contributed by atoms with Gasteiger partial charge in [0, 0.05) is 45.6 Å². The molecule has 0 unspecified atom stereocenters. The van der Waals surface area contributed by atoms with Crippen LogP contribution < -0.4 is 0 Å². The SMILES string of the molecule is CN(Cc1cnn(C)c1)C(=O)CN(CCCO)C(c1ccccc1)c1ccccc1. The van der Waals surface area contributed by atoms with Gasteiger partial charge in [0.15, 0.2) is 0 Å². The van der Waals surface area contributed by atoms with Gasteiger partial charge in [-0.2, -0.15) is 5.10 Å². The van der Waals surface area contributed by atoms with Gasteiger partial charge in [-0.25, -0.2) is 0 Å². The lowest BCUT2D eigenvalue weighted by Gasteiger charge is -2.33. The Morgan fingerprint density at radius 1 is 1.07 bits per heavy atom. The summed E-state index contributed by atoms with van der Waals surface area (Å²) >= 11 is 0. The first-order valence-corrected chi connectivity index (χ1v) is 10.2. The van der Waals surface area contributed by atoms with E-state index in [-0.39, 0.29) is 25.1 Å². The van der Waals surface area contributed by atoms with Gasteiger partial charge < -0.3 is 10.0 Å². The van der Waals surface area contributed by atoms with Crippen LogP contribution in [0.3, 0.4) is 0 Å². The van der Waals surface area contributed by atoms with Crippen LogP contribution in [0.1, 0.15) is 29.2 Å². The molecule has 0 bridgehead atoms. The van der Waals surface area contributed by atoms with Crippen molar-refractivity contribution in [3.05, 3.63) is 89.7 Å². The van der Waals surface area contributed by atoms with E-state index in [4.69, 9.17) is 0 Å². The molecule has 0 aliphatic carbocycles. The molecule has 2 aromatic carbocycles. The van der Waals surface area contributed by atoms with Crippen LogP contribution >= 0.6 is 0 Å². The average molecular weight is 407 g/mol. The maximum Gasteiger partial charge on any atom is 0.236 e. The molecule has 0 atom stereocenters. The Morgan fingerprint density at radius 3 is 2.17 bits per heavy atom. The number of hydrogen-bond donors (Lipinski definition) is 1. The number of carbonyl (C=O) groups excluding carboxylic acids is 1. The van der Waals surface area contributed by atoms with E-state index in [1.165, 1.54) is 0 Å². The molecule has 1 aromatic heterocycles. The number of aryl methyl sites for hydroxylation is 1. The maximum atomic E-state index is 13.1. The van der Waals surface area contributed by atoms with Crippen LogP contribution in [0.4, 0.5) is 0 Å². The highest BCUT2D eigenvalue weighted by Crippen LogP contribution is 2.28. The van der Waals surface area contributed by atoms with Crippen LogP contribution in [-0.2, 0) is 18.4 Å². The molecular formula is C24H30N4O2. The van der Waals surface area contributed by atoms with E-state index in [2.05, 4.69) is 34.3 Å². The molecule has 6 nitrogen and oxygen atoms in total. The van der Waals surface area contributed by atoms with Crippen LogP contribution in [0.5, 0.6) is 0 Å². The number of aromatic nitrogens is 2. The summed E-state index contributed by atoms with van der Waals surface area (Å²) in [6, 6.07) is 20.4. The molecule has 30 heavy (non-hydrogen) atoms. The molecule has 3 rings (SSSR count). The van der Waals surface area contributed by atoms with Crippen molar-refractivity contribution in [1.82, 2.24) is 19.6 Å². The Hall–Kier alpha value is -2.96. The van der Waals surface area contributed by atoms with Gasteiger partial charge in [-0.3, -0.25) is 14.4 Å². The monoisotopic (exact) mass is 406 g/mol. The second-order valence-corrected chi connectivity index (χ2v) is 7.54. The molecule has 1 N–H and O–H groups in total. The van der Waals surface area contributed by atoms with Crippen molar-refractivity contribution in [2.75, 3.05) is 26.7 Å². The molecule has 0 aliphatic rings. The zero-order valence-corrected chi connectivity index (χ0v) is 17.7. The first-order valence-electron chi connectivity index (χ1n) is 10.2. The number of rotatable bonds is 10. The maximum absolute atomic E-state index is 13.1. The Bertz CT molecular complexity index is 872. The van der Waals surface area contributed by atoms with Gasteiger partial charge in [-0.1, -0.05) is 60.7 Å². The third-order valence-electron chi connectivity index (χ3n) is 5.14. The van der Waals surface area contributed by atoms with Gasteiger partial charge in [-0.05, 0) is 17.5 Å². The van der Waals surface area contributed by atoms with E-state index >= 15 is 0 Å². The zero-order valence-electron chi connectivity index (χ0n) is 17.7. The van der Waals surface area contributed by atoms with E-state index in [0.29, 0.717) is 19.5 Å². The lowest BCUT2D eigenvalue weighted by molar-refractivity contribution is -0.132. The van der Waals surface area contributed by atoms with Crippen molar-refractivity contribution in [2.45, 2.75) is 19.0 Å². The molecule has 0 radical (unpaired) electrons. The summed E-state index contributed by atoms with van der Waals surface area (Å²) in [6.45, 7) is 1.50. The fraction of sp³-hybridized carbons (Fsp3) is 0.333. The molecule has 1 amide bonds. The summed E-state index contributed by atoms with van der Waals surface area (Å²) in [7, 11) is 3.69. The molecular weight excluding hydrogens is 376 g/mol. The quantitative estimate of drug-likeness (QED) is 0.562. The minimum atomic E-state index is -0.0605. The summed E-state index contributed by atoms with van der Waals surface area (Å²) in [6.07, 6.45) is 4.31. The molecule has 1 heterocycles. The van der Waals surface area contributed by atoms with Crippen molar-refractivity contribution in [2.24, 2.45) is 7.05 Å². The Morgan fingerprint density at radius 2 is 1.67 bits per heavy atom. The van der Waals surface area contributed by atoms with Crippen molar-refractivity contribution in [3.63, 3.8) is 0 Å². The van der Waals surface area contributed by atoms with Crippen LogP contribution in [0.25, 0.3) is 0 Å². The number of hydrogen-bond acceptors (Lipinski definition) is 4. The second kappa shape index (κ2) is 10.7. The van der Waals surface area contributed by atoms with Crippen molar-refractivity contribution < 1.29 is 9.90 Å². The van der Waals surface area contributed by atoms with E-state index < -0.39 is 0 Å². The number of amides is 1. The fourth-order valence-corrected chi connectivity index (χ4v) is 3.67. The van der Waals surface area contributed by atoms with Crippen LogP contribution in [-0.4, -0.2) is 57.3 Å². The lowest BCUT2D eigenvalue weighted by atomic mass is 9.96. The molecule has 6 heteroatoms. The molecule has 0 spiro atoms. The topological polar surface area (TPSA) is 61.6 Å². The first kappa shape index (κ1) is 21.7. The number of carbonyl (C=O) groups is 1. The lowest BCUT2D eigenvalue weighted by Crippen LogP contribution is -2.41. The third-order valence-corrected chi connectivity index (χ3v) is 5.14. The molecule has 158 valence electrons. The third kappa shape index (κ3) is 5.78. The van der Waals surface area contributed by atoms with Gasteiger partial charge >= 0.3 is 0 Å². The van der Waals surface area contributed by atoms with E-state index in [0.717, 1.165) is 16.7 Å². The van der Waals surface area contributed by atoms with Crippen molar-refractivity contribution in [3.8, 4) is 0 Å². The van der Waals surface area contributed by atoms with Gasteiger partial charge in [0.1, 0.15) is 0 Å². The number of aliphatic hydroxyl groups is 1. The van der Waals surface area contributed by atoms with Crippen molar-refractivity contribution in [1.29, 1.82) is 0 Å². The van der Waals surface area contributed by atoms with Crippen LogP contribution in [0.2, 0.25) is 0 Å². The fourth-order valence-electron chi connectivity index (χ4n) is 3.67. The average Bonchev–Trinajstić information content (AvgIpc) is 3.18. The Labute approximate surface area is 178 Å². The summed E-state index contributed by atoms with van der Waals surface area (Å²) in [5.74, 6) is 0.0358. The van der Waals surface area contributed by atoms with Crippen LogP contribution in [0, 0.1) is 0 Å². The molecule has 0 saturated carbocycles. The summed E-state index contributed by atoms with van der Waals surface area (Å²) < 4.78 is 1.74. The number of aliphatic hydroxyl groups excluding tert-OH is 1. The first-order chi connectivity index (χ1) is 14.6. The highest BCUT2D eigenvalue weighted by molar-refractivity contribution is 5.78. The highest BCUT2D eigenvalue weighted by Gasteiger charge is 2.25. The largest absolute Gasteiger partial charge is 0.396 e. The number of nitrogens with zero attached hydrogens (tertiary/aromatic N) is 4. The van der Waals surface area contributed by atoms with Gasteiger partial charge in [-0.15, -0.1) is 0 Å². The molecule has 3 aromatic rings. The van der Waals surface area contributed by atoms with Crippen molar-refractivity contribution >= 4 is 5.91 Å². The number of likely N-dealkylation sites (N-methyl/N-ethyl adjacent to an activating group) is 1. The van der Waals surface area contributed by atoms with Crippen LogP contribution in [0.15, 0.2) is 73.1 Å². The second-order valence-electron chi connectivity index (χ2n) is 7.54. The van der Waals surface area contributed by atoms with E-state index in [1.807, 2.05) is 56.7 Å². The predicted molar refractivity (Wildman–Crippen MR) is 118 cm³/mol. The molecule has 0 saturated heterocycles. The molecule has 0 fully saturated rings. The smallest absolute Gasteiger partial charge is 0.236 e. The minimum absolute atomic E-state index is 0.0358. The molecule has 0 aliphatic heterocycles. The number of benzene rings is 2. The van der Waals surface area contributed by atoms with Gasteiger partial charge in [0.2, 0.25) is 5.91 Å². The highest BCUT2D eigenvalue weighted by atomic mass is 16.3. The normalized spacial score (nSPS) is 11.2. The summed E-state index contributed by atoms with van der Waals surface area (Å²) in [5, 5.41) is 13.6. The summed E-state index contributed by atoms with van der Waals surface area (Å²) in [5.41, 5.74) is 3.26. The Balaban J connectivity index is 1.83. The summed E-state index contributed by atoms with van der Waals surface area (Å²) in [4.78, 5) is 17.0. The van der Waals surface area contributed by atoms with Gasteiger partial charge in [0.25, 0.3) is 0 Å². The predicted octanol–water partition coefficient (Wildman–Crippen LogP) is 2.85. The van der Waals surface area contributed by atoms with E-state index in [9.17, 15) is 9.90 Å². The standard InChI is InChI=1S/C24H30N4O2/c1-26(17-20-16-25-27(2)18-20)23(30)19-28(14-9-15-29)24(21-10-5-3-6-11-21)22-12-7-4-8-13-22/h3-8,10-13,16,18,24,29H,9,14-15,17,19H2,1-2H3. The minimum Gasteiger partial charge on any atom is -0.396 e. The van der Waals surface area contributed by atoms with E-state index in [1.54, 1.807) is 15.8 Å². The Kier molecular flexibility index (Phi) is 7.76.